The van der Waals surface area contributed by atoms with Crippen LogP contribution < -0.4 is 20.4 Å². The van der Waals surface area contributed by atoms with E-state index in [4.69, 9.17) is 11.6 Å². The largest absolute Gasteiger partial charge is 0.342 e. The van der Waals surface area contributed by atoms with Crippen molar-refractivity contribution in [2.75, 3.05) is 44.6 Å². The highest BCUT2D eigenvalue weighted by atomic mass is 35.5. The Labute approximate surface area is 174 Å². The van der Waals surface area contributed by atoms with Crippen LogP contribution in [-0.2, 0) is 16.1 Å². The lowest BCUT2D eigenvalue weighted by atomic mass is 10.2. The van der Waals surface area contributed by atoms with Gasteiger partial charge in [-0.1, -0.05) is 23.7 Å². The zero-order chi connectivity index (χ0) is 20.6. The molecule has 1 fully saturated rings. The first kappa shape index (κ1) is 21.2. The number of amides is 2. The van der Waals surface area contributed by atoms with Crippen LogP contribution in [0, 0.1) is 5.82 Å². The molecule has 1 saturated heterocycles. The summed E-state index contributed by atoms with van der Waals surface area (Å²) in [6, 6.07) is 13.4. The predicted octanol–water partition coefficient (Wildman–Crippen LogP) is -0.483. The second-order valence-corrected chi connectivity index (χ2v) is 7.75. The van der Waals surface area contributed by atoms with E-state index in [9.17, 15) is 14.0 Å². The number of anilines is 1. The van der Waals surface area contributed by atoms with E-state index in [2.05, 4.69) is 22.8 Å². The normalized spacial score (nSPS) is 18.8. The van der Waals surface area contributed by atoms with Gasteiger partial charge in [0.05, 0.1) is 6.54 Å². The molecule has 0 saturated carbocycles. The third-order valence-corrected chi connectivity index (χ3v) is 5.27. The first-order valence-electron chi connectivity index (χ1n) is 9.71. The smallest absolute Gasteiger partial charge is 0.275 e. The maximum Gasteiger partial charge on any atom is 0.275 e. The van der Waals surface area contributed by atoms with Gasteiger partial charge in [-0.3, -0.25) is 9.59 Å². The number of hydrogen-bond acceptors (Lipinski definition) is 2. The summed E-state index contributed by atoms with van der Waals surface area (Å²) in [5.41, 5.74) is 1.76. The molecular weight excluding hydrogens is 395 g/mol. The Kier molecular flexibility index (Phi) is 7.57. The first-order chi connectivity index (χ1) is 14.0. The summed E-state index contributed by atoms with van der Waals surface area (Å²) in [5.74, 6) is -0.845. The van der Waals surface area contributed by atoms with Crippen LogP contribution in [0.1, 0.15) is 5.56 Å². The fourth-order valence-corrected chi connectivity index (χ4v) is 3.53. The number of carbonyl (C=O) groups is 2. The van der Waals surface area contributed by atoms with Gasteiger partial charge in [0, 0.05) is 16.3 Å². The highest BCUT2D eigenvalue weighted by molar-refractivity contribution is 6.30. The number of halogens is 2. The van der Waals surface area contributed by atoms with Gasteiger partial charge in [0.25, 0.3) is 5.91 Å². The van der Waals surface area contributed by atoms with Gasteiger partial charge < -0.3 is 20.4 Å². The van der Waals surface area contributed by atoms with Crippen LogP contribution in [0.25, 0.3) is 0 Å². The summed E-state index contributed by atoms with van der Waals surface area (Å²) < 4.78 is 12.9. The van der Waals surface area contributed by atoms with E-state index < -0.39 is 0 Å². The molecule has 8 heteroatoms. The topological polar surface area (TPSA) is 67.1 Å². The Balaban J connectivity index is 1.33. The van der Waals surface area contributed by atoms with Gasteiger partial charge in [-0.15, -0.1) is 0 Å². The van der Waals surface area contributed by atoms with E-state index in [0.717, 1.165) is 37.7 Å². The number of benzene rings is 2. The van der Waals surface area contributed by atoms with Crippen LogP contribution >= 0.6 is 11.6 Å². The Morgan fingerprint density at radius 3 is 2.17 bits per heavy atom. The van der Waals surface area contributed by atoms with Gasteiger partial charge >= 0.3 is 0 Å². The van der Waals surface area contributed by atoms with Crippen molar-refractivity contribution >= 4 is 29.1 Å². The highest BCUT2D eigenvalue weighted by Crippen LogP contribution is 2.08. The molecule has 4 N–H and O–H groups in total. The molecule has 6 nitrogen and oxygen atoms in total. The summed E-state index contributed by atoms with van der Waals surface area (Å²) in [5, 5.41) is 6.02. The summed E-state index contributed by atoms with van der Waals surface area (Å²) >= 11 is 5.93. The molecule has 3 rings (SSSR count). The number of piperazine rings is 1. The van der Waals surface area contributed by atoms with Gasteiger partial charge in [0.1, 0.15) is 38.5 Å². The van der Waals surface area contributed by atoms with Crippen LogP contribution in [0.4, 0.5) is 10.1 Å². The third kappa shape index (κ3) is 7.12. The van der Waals surface area contributed by atoms with E-state index in [0.29, 0.717) is 12.2 Å². The molecule has 0 bridgehead atoms. The Hall–Kier alpha value is -2.48. The van der Waals surface area contributed by atoms with Crippen LogP contribution in [0.3, 0.4) is 0 Å². The van der Waals surface area contributed by atoms with Gasteiger partial charge in [0.2, 0.25) is 5.91 Å². The summed E-state index contributed by atoms with van der Waals surface area (Å²) in [7, 11) is 0. The molecule has 29 heavy (non-hydrogen) atoms. The monoisotopic (exact) mass is 420 g/mol. The standard InChI is InChI=1S/C21H24ClFN4O2/c22-17-3-1-16(2-4-17)14-26-9-11-27(12-10-26)15-21(29)24-13-20(28)25-19-7-5-18(23)6-8-19/h1-8H,9-15H2,(H,24,29)(H,25,28)/p+2. The van der Waals surface area contributed by atoms with Crippen molar-refractivity contribution in [3.05, 3.63) is 64.9 Å². The number of hydrogen-bond donors (Lipinski definition) is 4. The Bertz CT molecular complexity index is 822. The summed E-state index contributed by atoms with van der Waals surface area (Å²) in [6.07, 6.45) is 0. The molecule has 1 aliphatic heterocycles. The highest BCUT2D eigenvalue weighted by Gasteiger charge is 2.24. The molecule has 0 radical (unpaired) electrons. The van der Waals surface area contributed by atoms with E-state index >= 15 is 0 Å². The van der Waals surface area contributed by atoms with Crippen molar-refractivity contribution in [2.24, 2.45) is 0 Å². The molecule has 0 atom stereocenters. The molecule has 0 aromatic heterocycles. The van der Waals surface area contributed by atoms with Crippen molar-refractivity contribution in [1.29, 1.82) is 0 Å². The molecule has 0 spiro atoms. The van der Waals surface area contributed by atoms with Crippen molar-refractivity contribution in [2.45, 2.75) is 6.54 Å². The maximum atomic E-state index is 12.9. The van der Waals surface area contributed by atoms with Crippen molar-refractivity contribution in [3.63, 3.8) is 0 Å². The third-order valence-electron chi connectivity index (χ3n) is 5.02. The fourth-order valence-electron chi connectivity index (χ4n) is 3.41. The quantitative estimate of drug-likeness (QED) is 0.489. The van der Waals surface area contributed by atoms with Gasteiger partial charge in [0.15, 0.2) is 6.54 Å². The molecule has 2 aromatic rings. The van der Waals surface area contributed by atoms with Gasteiger partial charge in [-0.25, -0.2) is 4.39 Å². The summed E-state index contributed by atoms with van der Waals surface area (Å²) in [4.78, 5) is 26.7. The minimum atomic E-state index is -0.366. The fraction of sp³-hybridized carbons (Fsp3) is 0.333. The van der Waals surface area contributed by atoms with Crippen LogP contribution in [0.5, 0.6) is 0 Å². The van der Waals surface area contributed by atoms with E-state index in [-0.39, 0.29) is 24.2 Å². The van der Waals surface area contributed by atoms with Crippen LogP contribution in [0.15, 0.2) is 48.5 Å². The first-order valence-corrected chi connectivity index (χ1v) is 10.1. The average molecular weight is 421 g/mol. The van der Waals surface area contributed by atoms with Crippen molar-refractivity contribution < 1.29 is 23.8 Å². The molecule has 154 valence electrons. The zero-order valence-electron chi connectivity index (χ0n) is 16.1. The summed E-state index contributed by atoms with van der Waals surface area (Å²) in [6.45, 7) is 5.04. The second-order valence-electron chi connectivity index (χ2n) is 7.31. The van der Waals surface area contributed by atoms with Crippen molar-refractivity contribution in [1.82, 2.24) is 5.32 Å². The number of nitrogens with one attached hydrogen (secondary N) is 4. The number of rotatable bonds is 7. The number of quaternary nitrogens is 2. The lowest BCUT2D eigenvalue weighted by molar-refractivity contribution is -1.02. The number of carbonyl (C=O) groups excluding carboxylic acids is 2. The Morgan fingerprint density at radius 2 is 1.52 bits per heavy atom. The SMILES string of the molecule is O=C(C[NH+]1CC[NH+](Cc2ccc(Cl)cc2)CC1)NCC(=O)Nc1ccc(F)cc1. The molecular formula is C21H26ClFN4O2+2. The van der Waals surface area contributed by atoms with Crippen LogP contribution in [-0.4, -0.2) is 51.1 Å². The second kappa shape index (κ2) is 10.3. The molecule has 2 amide bonds. The van der Waals surface area contributed by atoms with E-state index in [1.165, 1.54) is 39.6 Å². The van der Waals surface area contributed by atoms with Crippen molar-refractivity contribution in [3.8, 4) is 0 Å². The molecule has 1 heterocycles. The predicted molar refractivity (Wildman–Crippen MR) is 109 cm³/mol. The van der Waals surface area contributed by atoms with Crippen LogP contribution in [0.2, 0.25) is 5.02 Å². The van der Waals surface area contributed by atoms with Gasteiger partial charge in [-0.2, -0.15) is 0 Å². The minimum Gasteiger partial charge on any atom is -0.342 e. The lowest BCUT2D eigenvalue weighted by Gasteiger charge is -2.29. The molecule has 0 aliphatic carbocycles. The van der Waals surface area contributed by atoms with E-state index in [1.54, 1.807) is 0 Å². The molecule has 2 aromatic carbocycles. The molecule has 0 unspecified atom stereocenters. The minimum absolute atomic E-state index is 0.0998. The lowest BCUT2D eigenvalue weighted by Crippen LogP contribution is -3.28. The molecule has 1 aliphatic rings. The van der Waals surface area contributed by atoms with E-state index in [1.807, 2.05) is 12.1 Å². The van der Waals surface area contributed by atoms with Gasteiger partial charge in [-0.05, 0) is 36.4 Å². The average Bonchev–Trinajstić information content (AvgIpc) is 2.71. The zero-order valence-corrected chi connectivity index (χ0v) is 16.9. The maximum absolute atomic E-state index is 12.9. The Morgan fingerprint density at radius 1 is 0.897 bits per heavy atom.